The van der Waals surface area contributed by atoms with Crippen LogP contribution in [0.2, 0.25) is 0 Å². The van der Waals surface area contributed by atoms with E-state index in [4.69, 9.17) is 5.26 Å². The van der Waals surface area contributed by atoms with E-state index in [-0.39, 0.29) is 12.5 Å². The molecule has 0 bridgehead atoms. The van der Waals surface area contributed by atoms with Gasteiger partial charge in [-0.2, -0.15) is 5.26 Å². The standard InChI is InChI=1S/C12H13FN2O3S/c13-10-2-1-3-12(9(10)6-14)19(17,18)15-7-11(16)8-4-5-8/h1-3,8,11,15-16H,4-5,7H2. The second-order valence-corrected chi connectivity index (χ2v) is 6.22. The van der Waals surface area contributed by atoms with Crippen molar-refractivity contribution >= 4 is 10.0 Å². The summed E-state index contributed by atoms with van der Waals surface area (Å²) in [5, 5.41) is 18.4. The number of nitrogens with one attached hydrogen (secondary N) is 1. The predicted molar refractivity (Wildman–Crippen MR) is 65.0 cm³/mol. The van der Waals surface area contributed by atoms with Crippen LogP contribution in [0, 0.1) is 23.1 Å². The van der Waals surface area contributed by atoms with Gasteiger partial charge in [0.25, 0.3) is 0 Å². The van der Waals surface area contributed by atoms with Gasteiger partial charge in [0.2, 0.25) is 10.0 Å². The summed E-state index contributed by atoms with van der Waals surface area (Å²) < 4.78 is 39.5. The van der Waals surface area contributed by atoms with Crippen LogP contribution in [-0.2, 0) is 10.0 Å². The number of hydrogen-bond donors (Lipinski definition) is 2. The van der Waals surface area contributed by atoms with Crippen molar-refractivity contribution in [3.8, 4) is 6.07 Å². The third-order valence-electron chi connectivity index (χ3n) is 3.03. The highest BCUT2D eigenvalue weighted by atomic mass is 32.2. The van der Waals surface area contributed by atoms with Crippen LogP contribution in [-0.4, -0.2) is 26.2 Å². The molecule has 0 saturated heterocycles. The molecule has 2 rings (SSSR count). The van der Waals surface area contributed by atoms with Crippen LogP contribution in [0.25, 0.3) is 0 Å². The Labute approximate surface area is 110 Å². The molecule has 0 heterocycles. The van der Waals surface area contributed by atoms with E-state index in [1.54, 1.807) is 0 Å². The minimum Gasteiger partial charge on any atom is -0.391 e. The van der Waals surface area contributed by atoms with Crippen LogP contribution >= 0.6 is 0 Å². The maximum atomic E-state index is 13.4. The van der Waals surface area contributed by atoms with Crippen molar-refractivity contribution in [1.29, 1.82) is 5.26 Å². The highest BCUT2D eigenvalue weighted by Gasteiger charge is 2.31. The Morgan fingerprint density at radius 3 is 2.79 bits per heavy atom. The van der Waals surface area contributed by atoms with Crippen LogP contribution in [0.5, 0.6) is 0 Å². The number of nitriles is 1. The van der Waals surface area contributed by atoms with E-state index in [0.29, 0.717) is 0 Å². The summed E-state index contributed by atoms with van der Waals surface area (Å²) in [5.41, 5.74) is -0.518. The van der Waals surface area contributed by atoms with Crippen molar-refractivity contribution < 1.29 is 17.9 Å². The molecule has 1 aromatic rings. The van der Waals surface area contributed by atoms with Gasteiger partial charge in [0.15, 0.2) is 0 Å². The van der Waals surface area contributed by atoms with Gasteiger partial charge in [-0.1, -0.05) is 6.07 Å². The van der Waals surface area contributed by atoms with Crippen LogP contribution in [0.1, 0.15) is 18.4 Å². The molecule has 1 aliphatic carbocycles. The first-order chi connectivity index (χ1) is 8.95. The maximum absolute atomic E-state index is 13.4. The van der Waals surface area contributed by atoms with Gasteiger partial charge >= 0.3 is 0 Å². The number of nitrogens with zero attached hydrogens (tertiary/aromatic N) is 1. The summed E-state index contributed by atoms with van der Waals surface area (Å²) in [6.07, 6.45) is 1.02. The van der Waals surface area contributed by atoms with Gasteiger partial charge < -0.3 is 5.11 Å². The van der Waals surface area contributed by atoms with Crippen molar-refractivity contribution in [3.63, 3.8) is 0 Å². The third-order valence-corrected chi connectivity index (χ3v) is 4.49. The zero-order valence-electron chi connectivity index (χ0n) is 10.0. The molecule has 0 radical (unpaired) electrons. The number of aliphatic hydroxyl groups excluding tert-OH is 1. The van der Waals surface area contributed by atoms with Crippen LogP contribution in [0.4, 0.5) is 4.39 Å². The lowest BCUT2D eigenvalue weighted by Gasteiger charge is -2.12. The normalized spacial score (nSPS) is 16.9. The molecule has 102 valence electrons. The number of halogens is 1. The summed E-state index contributed by atoms with van der Waals surface area (Å²) in [6.45, 7) is -0.131. The van der Waals surface area contributed by atoms with Crippen molar-refractivity contribution in [2.45, 2.75) is 23.8 Å². The first-order valence-corrected chi connectivity index (χ1v) is 7.30. The van der Waals surface area contributed by atoms with Crippen molar-refractivity contribution in [1.82, 2.24) is 4.72 Å². The molecule has 7 heteroatoms. The van der Waals surface area contributed by atoms with Gasteiger partial charge in [-0.05, 0) is 30.9 Å². The average molecular weight is 284 g/mol. The molecule has 0 aliphatic heterocycles. The summed E-state index contributed by atoms with van der Waals surface area (Å²) in [6, 6.07) is 4.94. The van der Waals surface area contributed by atoms with Crippen molar-refractivity contribution in [3.05, 3.63) is 29.6 Å². The topological polar surface area (TPSA) is 90.2 Å². The Hall–Kier alpha value is -1.49. The molecule has 2 N–H and O–H groups in total. The second kappa shape index (κ2) is 5.25. The van der Waals surface area contributed by atoms with Crippen LogP contribution < -0.4 is 4.72 Å². The lowest BCUT2D eigenvalue weighted by Crippen LogP contribution is -2.33. The maximum Gasteiger partial charge on any atom is 0.242 e. The lowest BCUT2D eigenvalue weighted by molar-refractivity contribution is 0.155. The van der Waals surface area contributed by atoms with E-state index >= 15 is 0 Å². The van der Waals surface area contributed by atoms with E-state index in [9.17, 15) is 17.9 Å². The van der Waals surface area contributed by atoms with E-state index in [1.165, 1.54) is 12.1 Å². The SMILES string of the molecule is N#Cc1c(F)cccc1S(=O)(=O)NCC(O)C1CC1. The molecule has 1 atom stereocenters. The summed E-state index contributed by atoms with van der Waals surface area (Å²) >= 11 is 0. The molecule has 1 unspecified atom stereocenters. The minimum atomic E-state index is -4.00. The number of rotatable bonds is 5. The zero-order valence-corrected chi connectivity index (χ0v) is 10.8. The number of hydrogen-bond acceptors (Lipinski definition) is 4. The van der Waals surface area contributed by atoms with Gasteiger partial charge in [0.1, 0.15) is 22.3 Å². The Morgan fingerprint density at radius 1 is 1.53 bits per heavy atom. The number of sulfonamides is 1. The lowest BCUT2D eigenvalue weighted by atomic mass is 10.2. The number of benzene rings is 1. The Bertz CT molecular complexity index is 620. The zero-order chi connectivity index (χ0) is 14.0. The van der Waals surface area contributed by atoms with E-state index in [1.807, 2.05) is 0 Å². The molecular weight excluding hydrogens is 271 g/mol. The Balaban J connectivity index is 2.19. The quantitative estimate of drug-likeness (QED) is 0.834. The molecule has 0 spiro atoms. The predicted octanol–water partition coefficient (Wildman–Crippen LogP) is 0.747. The largest absolute Gasteiger partial charge is 0.391 e. The van der Waals surface area contributed by atoms with Gasteiger partial charge in [0, 0.05) is 6.54 Å². The van der Waals surface area contributed by atoms with Crippen molar-refractivity contribution in [2.24, 2.45) is 5.92 Å². The molecule has 1 aromatic carbocycles. The second-order valence-electron chi connectivity index (χ2n) is 4.48. The fraction of sp³-hybridized carbons (Fsp3) is 0.417. The Kier molecular flexibility index (Phi) is 3.85. The van der Waals surface area contributed by atoms with Crippen molar-refractivity contribution in [2.75, 3.05) is 6.54 Å². The Morgan fingerprint density at radius 2 is 2.21 bits per heavy atom. The first-order valence-electron chi connectivity index (χ1n) is 5.82. The van der Waals surface area contributed by atoms with Gasteiger partial charge in [0.05, 0.1) is 6.10 Å². The number of aliphatic hydroxyl groups is 1. The average Bonchev–Trinajstić information content (AvgIpc) is 3.20. The smallest absolute Gasteiger partial charge is 0.242 e. The molecule has 1 aliphatic rings. The molecule has 1 fully saturated rings. The molecule has 0 aromatic heterocycles. The van der Waals surface area contributed by atoms with Gasteiger partial charge in [-0.3, -0.25) is 0 Å². The van der Waals surface area contributed by atoms with E-state index in [2.05, 4.69) is 4.72 Å². The fourth-order valence-electron chi connectivity index (χ4n) is 1.76. The summed E-state index contributed by atoms with van der Waals surface area (Å²) in [7, 11) is -4.00. The minimum absolute atomic E-state index is 0.130. The monoisotopic (exact) mass is 284 g/mol. The van der Waals surface area contributed by atoms with E-state index in [0.717, 1.165) is 25.0 Å². The summed E-state index contributed by atoms with van der Waals surface area (Å²) in [4.78, 5) is -0.405. The molecule has 5 nitrogen and oxygen atoms in total. The third kappa shape index (κ3) is 3.10. The first kappa shape index (κ1) is 13.9. The molecule has 19 heavy (non-hydrogen) atoms. The van der Waals surface area contributed by atoms with Crippen LogP contribution in [0.15, 0.2) is 23.1 Å². The fourth-order valence-corrected chi connectivity index (χ4v) is 2.97. The summed E-state index contributed by atoms with van der Waals surface area (Å²) in [5.74, 6) is -0.751. The highest BCUT2D eigenvalue weighted by Crippen LogP contribution is 2.32. The molecule has 1 saturated carbocycles. The molecular formula is C12H13FN2O3S. The van der Waals surface area contributed by atoms with E-state index < -0.39 is 32.4 Å². The highest BCUT2D eigenvalue weighted by molar-refractivity contribution is 7.89. The molecule has 0 amide bonds. The van der Waals surface area contributed by atoms with Gasteiger partial charge in [-0.15, -0.1) is 0 Å². The van der Waals surface area contributed by atoms with Gasteiger partial charge in [-0.25, -0.2) is 17.5 Å². The van der Waals surface area contributed by atoms with Crippen LogP contribution in [0.3, 0.4) is 0 Å².